The van der Waals surface area contributed by atoms with Gasteiger partial charge in [-0.15, -0.1) is 13.2 Å². The number of fused-ring (bicyclic) bond motifs is 1. The van der Waals surface area contributed by atoms with E-state index in [0.29, 0.717) is 15.9 Å². The van der Waals surface area contributed by atoms with Crippen molar-refractivity contribution in [2.45, 2.75) is 6.36 Å². The lowest BCUT2D eigenvalue weighted by molar-refractivity contribution is -0.274. The molecule has 0 unspecified atom stereocenters. The number of hydrogen-bond acceptors (Lipinski definition) is 4. The standard InChI is InChI=1S/C9H7F3N2OS/c1-13-5-3-2-4-6-7(5)14-8(16-6)15-9(10,11)12/h2-4,13H,1H3. The lowest BCUT2D eigenvalue weighted by Crippen LogP contribution is -2.16. The van der Waals surface area contributed by atoms with Gasteiger partial charge in [-0.3, -0.25) is 0 Å². The molecule has 1 N–H and O–H groups in total. The molecule has 0 saturated heterocycles. The summed E-state index contributed by atoms with van der Waals surface area (Å²) in [7, 11) is 1.68. The third kappa shape index (κ3) is 2.19. The Labute approximate surface area is 92.9 Å². The Morgan fingerprint density at radius 3 is 2.75 bits per heavy atom. The molecule has 2 rings (SSSR count). The summed E-state index contributed by atoms with van der Waals surface area (Å²) in [5.74, 6) is 0. The Morgan fingerprint density at radius 1 is 1.38 bits per heavy atom. The molecule has 0 aliphatic heterocycles. The van der Waals surface area contributed by atoms with Crippen molar-refractivity contribution in [3.05, 3.63) is 18.2 Å². The summed E-state index contributed by atoms with van der Waals surface area (Å²) in [4.78, 5) is 3.78. The van der Waals surface area contributed by atoms with Crippen molar-refractivity contribution in [2.75, 3.05) is 12.4 Å². The molecule has 0 atom stereocenters. The van der Waals surface area contributed by atoms with E-state index < -0.39 is 11.6 Å². The van der Waals surface area contributed by atoms with Gasteiger partial charge >= 0.3 is 6.36 Å². The number of alkyl halides is 3. The number of nitrogens with zero attached hydrogens (tertiary/aromatic N) is 1. The Hall–Kier alpha value is -1.50. The molecule has 0 fully saturated rings. The zero-order valence-corrected chi connectivity index (χ0v) is 8.95. The van der Waals surface area contributed by atoms with Crippen molar-refractivity contribution in [1.82, 2.24) is 4.98 Å². The minimum atomic E-state index is -4.70. The molecule has 3 nitrogen and oxygen atoms in total. The van der Waals surface area contributed by atoms with Gasteiger partial charge in [0.1, 0.15) is 5.52 Å². The quantitative estimate of drug-likeness (QED) is 0.885. The number of anilines is 1. The van der Waals surface area contributed by atoms with Crippen LogP contribution in [0, 0.1) is 0 Å². The molecule has 1 aromatic heterocycles. The van der Waals surface area contributed by atoms with E-state index in [-0.39, 0.29) is 0 Å². The smallest absolute Gasteiger partial charge is 0.386 e. The summed E-state index contributed by atoms with van der Waals surface area (Å²) >= 11 is 0.860. The SMILES string of the molecule is CNc1cccc2sc(OC(F)(F)F)nc12. The Balaban J connectivity index is 2.44. The van der Waals surface area contributed by atoms with E-state index in [4.69, 9.17) is 0 Å². The number of para-hydroxylation sites is 1. The number of thiazole rings is 1. The first-order valence-electron chi connectivity index (χ1n) is 4.32. The molecular weight excluding hydrogens is 241 g/mol. The van der Waals surface area contributed by atoms with E-state index in [1.54, 1.807) is 25.2 Å². The van der Waals surface area contributed by atoms with Gasteiger partial charge in [-0.05, 0) is 12.1 Å². The fourth-order valence-corrected chi connectivity index (χ4v) is 2.13. The van der Waals surface area contributed by atoms with Crippen LogP contribution in [0.25, 0.3) is 10.2 Å². The topological polar surface area (TPSA) is 34.1 Å². The van der Waals surface area contributed by atoms with Gasteiger partial charge in [0.2, 0.25) is 0 Å². The molecule has 1 heterocycles. The molecular formula is C9H7F3N2OS. The first-order valence-corrected chi connectivity index (χ1v) is 5.14. The third-order valence-electron chi connectivity index (χ3n) is 1.87. The number of aromatic nitrogens is 1. The van der Waals surface area contributed by atoms with Crippen LogP contribution in [0.4, 0.5) is 18.9 Å². The van der Waals surface area contributed by atoms with Crippen LogP contribution < -0.4 is 10.1 Å². The van der Waals surface area contributed by atoms with Crippen LogP contribution in [0.3, 0.4) is 0 Å². The van der Waals surface area contributed by atoms with Gasteiger partial charge in [-0.1, -0.05) is 17.4 Å². The lowest BCUT2D eigenvalue weighted by Gasteiger charge is -2.03. The molecule has 2 aromatic rings. The monoisotopic (exact) mass is 248 g/mol. The second kappa shape index (κ2) is 3.82. The number of rotatable bonds is 2. The van der Waals surface area contributed by atoms with Crippen LogP contribution in [0.15, 0.2) is 18.2 Å². The maximum atomic E-state index is 12.0. The molecule has 0 spiro atoms. The fraction of sp³-hybridized carbons (Fsp3) is 0.222. The van der Waals surface area contributed by atoms with Crippen LogP contribution in [0.1, 0.15) is 0 Å². The number of nitrogens with one attached hydrogen (secondary N) is 1. The molecule has 0 aliphatic carbocycles. The summed E-state index contributed by atoms with van der Waals surface area (Å²) < 4.78 is 40.4. The van der Waals surface area contributed by atoms with Gasteiger partial charge in [0.05, 0.1) is 10.4 Å². The highest BCUT2D eigenvalue weighted by atomic mass is 32.1. The molecule has 1 aromatic carbocycles. The van der Waals surface area contributed by atoms with Crippen molar-refractivity contribution in [2.24, 2.45) is 0 Å². The van der Waals surface area contributed by atoms with Gasteiger partial charge < -0.3 is 10.1 Å². The number of hydrogen-bond donors (Lipinski definition) is 1. The first kappa shape index (κ1) is 11.0. The summed E-state index contributed by atoms with van der Waals surface area (Å²) in [6, 6.07) is 5.17. The maximum Gasteiger partial charge on any atom is 0.574 e. The predicted molar refractivity (Wildman–Crippen MR) is 55.8 cm³/mol. The Kier molecular flexibility index (Phi) is 2.63. The van der Waals surface area contributed by atoms with Gasteiger partial charge in [0, 0.05) is 7.05 Å². The van der Waals surface area contributed by atoms with E-state index in [1.165, 1.54) is 0 Å². The molecule has 16 heavy (non-hydrogen) atoms. The van der Waals surface area contributed by atoms with Crippen molar-refractivity contribution < 1.29 is 17.9 Å². The van der Waals surface area contributed by atoms with Crippen molar-refractivity contribution in [3.8, 4) is 5.19 Å². The first-order chi connectivity index (χ1) is 7.49. The minimum Gasteiger partial charge on any atom is -0.386 e. The summed E-state index contributed by atoms with van der Waals surface area (Å²) in [6.45, 7) is 0. The van der Waals surface area contributed by atoms with Gasteiger partial charge in [0.25, 0.3) is 5.19 Å². The molecule has 0 bridgehead atoms. The van der Waals surface area contributed by atoms with Gasteiger partial charge in [-0.2, -0.15) is 0 Å². The summed E-state index contributed by atoms with van der Waals surface area (Å²) in [6.07, 6.45) is -4.70. The molecule has 0 amide bonds. The summed E-state index contributed by atoms with van der Waals surface area (Å²) in [5, 5.41) is 2.46. The van der Waals surface area contributed by atoms with E-state index in [9.17, 15) is 13.2 Å². The number of benzene rings is 1. The largest absolute Gasteiger partial charge is 0.574 e. The average molecular weight is 248 g/mol. The third-order valence-corrected chi connectivity index (χ3v) is 2.77. The highest BCUT2D eigenvalue weighted by Gasteiger charge is 2.32. The average Bonchev–Trinajstić information content (AvgIpc) is 2.56. The van der Waals surface area contributed by atoms with Gasteiger partial charge in [-0.25, -0.2) is 4.98 Å². The molecule has 0 radical (unpaired) electrons. The molecule has 7 heteroatoms. The highest BCUT2D eigenvalue weighted by molar-refractivity contribution is 7.20. The normalized spacial score (nSPS) is 11.8. The highest BCUT2D eigenvalue weighted by Crippen LogP contribution is 2.34. The van der Waals surface area contributed by atoms with Crippen molar-refractivity contribution in [3.63, 3.8) is 0 Å². The number of halogens is 3. The van der Waals surface area contributed by atoms with E-state index >= 15 is 0 Å². The van der Waals surface area contributed by atoms with Crippen molar-refractivity contribution >= 4 is 27.2 Å². The molecule has 0 saturated carbocycles. The van der Waals surface area contributed by atoms with Crippen LogP contribution in [0.2, 0.25) is 0 Å². The zero-order valence-electron chi connectivity index (χ0n) is 8.13. The van der Waals surface area contributed by atoms with E-state index in [2.05, 4.69) is 15.0 Å². The van der Waals surface area contributed by atoms with E-state index in [1.807, 2.05) is 0 Å². The Morgan fingerprint density at radius 2 is 2.12 bits per heavy atom. The second-order valence-corrected chi connectivity index (χ2v) is 3.92. The maximum absolute atomic E-state index is 12.0. The van der Waals surface area contributed by atoms with E-state index in [0.717, 1.165) is 11.3 Å². The Bertz CT molecular complexity index is 509. The van der Waals surface area contributed by atoms with Gasteiger partial charge in [0.15, 0.2) is 0 Å². The minimum absolute atomic E-state index is 0.398. The zero-order chi connectivity index (χ0) is 11.8. The lowest BCUT2D eigenvalue weighted by atomic mass is 10.3. The van der Waals surface area contributed by atoms with Crippen LogP contribution in [0.5, 0.6) is 5.19 Å². The van der Waals surface area contributed by atoms with Crippen LogP contribution in [-0.4, -0.2) is 18.4 Å². The fourth-order valence-electron chi connectivity index (χ4n) is 1.27. The van der Waals surface area contributed by atoms with Crippen LogP contribution >= 0.6 is 11.3 Å². The number of ether oxygens (including phenoxy) is 1. The molecule has 0 aliphatic rings. The van der Waals surface area contributed by atoms with Crippen molar-refractivity contribution in [1.29, 1.82) is 0 Å². The second-order valence-electron chi connectivity index (χ2n) is 2.93. The molecule has 86 valence electrons. The predicted octanol–water partition coefficient (Wildman–Crippen LogP) is 3.24. The summed E-state index contributed by atoms with van der Waals surface area (Å²) in [5.41, 5.74) is 1.15. The van der Waals surface area contributed by atoms with Crippen LogP contribution in [-0.2, 0) is 0 Å².